The summed E-state index contributed by atoms with van der Waals surface area (Å²) < 4.78 is 11.2. The van der Waals surface area contributed by atoms with Gasteiger partial charge in [0.2, 0.25) is 0 Å². The highest BCUT2D eigenvalue weighted by atomic mass is 31.2. The number of fused-ring (bicyclic) bond motifs is 1. The third-order valence-corrected chi connectivity index (χ3v) is 5.14. The number of nitrogens with zero attached hydrogens (tertiary/aromatic N) is 1. The van der Waals surface area contributed by atoms with E-state index in [4.69, 9.17) is 14.3 Å². The van der Waals surface area contributed by atoms with Crippen LogP contribution in [0.3, 0.4) is 0 Å². The topological polar surface area (TPSA) is 42.2 Å². The lowest BCUT2D eigenvalue weighted by Crippen LogP contribution is -1.96. The van der Waals surface area contributed by atoms with Gasteiger partial charge in [-0.2, -0.15) is 5.26 Å². The van der Waals surface area contributed by atoms with Crippen LogP contribution in [0.25, 0.3) is 0 Å². The fraction of sp³-hybridized carbons (Fsp3) is 0.800. The Bertz CT molecular complexity index is 364. The summed E-state index contributed by atoms with van der Waals surface area (Å²) in [6.45, 7) is 3.26. The van der Waals surface area contributed by atoms with Crippen LogP contribution in [-0.4, -0.2) is 19.9 Å². The summed E-state index contributed by atoms with van der Waals surface area (Å²) in [4.78, 5) is 0. The lowest BCUT2D eigenvalue weighted by molar-refractivity contribution is 0.247. The second kappa shape index (κ2) is 7.86. The summed E-state index contributed by atoms with van der Waals surface area (Å²) in [6, 6.07) is 2.07. The highest BCUT2D eigenvalue weighted by Gasteiger charge is 2.47. The van der Waals surface area contributed by atoms with E-state index in [0.29, 0.717) is 13.0 Å². The van der Waals surface area contributed by atoms with Gasteiger partial charge >= 0.3 is 0 Å². The van der Waals surface area contributed by atoms with E-state index in [1.165, 1.54) is 12.8 Å². The van der Waals surface area contributed by atoms with Crippen LogP contribution < -0.4 is 0 Å². The second-order valence-corrected chi connectivity index (χ2v) is 6.62. The molecule has 0 aromatic heterocycles. The van der Waals surface area contributed by atoms with E-state index in [-0.39, 0.29) is 0 Å². The number of rotatable bonds is 7. The fourth-order valence-electron chi connectivity index (χ4n) is 3.04. The van der Waals surface area contributed by atoms with E-state index < -0.39 is 8.38 Å². The maximum atomic E-state index is 8.43. The molecule has 19 heavy (non-hydrogen) atoms. The minimum Gasteiger partial charge on any atom is -0.334 e. The molecule has 0 aromatic rings. The van der Waals surface area contributed by atoms with Crippen molar-refractivity contribution < 1.29 is 9.05 Å². The Hall–Kier alpha value is -0.600. The molecule has 104 valence electrons. The van der Waals surface area contributed by atoms with Crippen molar-refractivity contribution in [1.82, 2.24) is 0 Å². The Morgan fingerprint density at radius 1 is 1.16 bits per heavy atom. The molecule has 1 fully saturated rings. The lowest BCUT2D eigenvalue weighted by atomic mass is 10.1. The van der Waals surface area contributed by atoms with Crippen molar-refractivity contribution in [3.63, 3.8) is 0 Å². The van der Waals surface area contributed by atoms with Crippen LogP contribution in [0.15, 0.2) is 0 Å². The molecule has 2 aliphatic rings. The quantitative estimate of drug-likeness (QED) is 0.405. The summed E-state index contributed by atoms with van der Waals surface area (Å²) >= 11 is 0. The zero-order valence-corrected chi connectivity index (χ0v) is 12.5. The van der Waals surface area contributed by atoms with Crippen LogP contribution >= 0.6 is 8.38 Å². The second-order valence-electron chi connectivity index (χ2n) is 5.23. The molecule has 0 aromatic carbocycles. The van der Waals surface area contributed by atoms with Crippen molar-refractivity contribution in [2.75, 3.05) is 19.9 Å². The van der Waals surface area contributed by atoms with E-state index in [1.54, 1.807) is 0 Å². The first-order valence-electron chi connectivity index (χ1n) is 7.15. The van der Waals surface area contributed by atoms with Gasteiger partial charge in [0.05, 0.1) is 25.7 Å². The van der Waals surface area contributed by atoms with E-state index in [1.807, 2.05) is 6.66 Å². The van der Waals surface area contributed by atoms with Gasteiger partial charge in [-0.05, 0) is 37.0 Å². The number of hydrogen-bond donors (Lipinski definition) is 0. The average molecular weight is 279 g/mol. The molecule has 0 radical (unpaired) electrons. The Morgan fingerprint density at radius 3 is 2.42 bits per heavy atom. The predicted molar refractivity (Wildman–Crippen MR) is 76.3 cm³/mol. The molecular formula is C15H22NO2P. The molecule has 1 unspecified atom stereocenters. The molecule has 1 saturated carbocycles. The molecule has 0 aliphatic heterocycles. The van der Waals surface area contributed by atoms with Gasteiger partial charge in [-0.3, -0.25) is 0 Å². The van der Waals surface area contributed by atoms with Gasteiger partial charge < -0.3 is 9.05 Å². The highest BCUT2D eigenvalue weighted by molar-refractivity contribution is 7.46. The zero-order valence-electron chi connectivity index (χ0n) is 11.6. The van der Waals surface area contributed by atoms with Crippen molar-refractivity contribution in [1.29, 1.82) is 5.26 Å². The van der Waals surface area contributed by atoms with Gasteiger partial charge in [0.1, 0.15) is 0 Å². The van der Waals surface area contributed by atoms with E-state index >= 15 is 0 Å². The molecule has 4 atom stereocenters. The minimum atomic E-state index is -0.803. The molecule has 0 N–H and O–H groups in total. The summed E-state index contributed by atoms with van der Waals surface area (Å²) in [5.41, 5.74) is 0. The Morgan fingerprint density at radius 2 is 1.79 bits per heavy atom. The summed E-state index contributed by atoms with van der Waals surface area (Å²) in [6.07, 6.45) is 6.32. The molecule has 0 heterocycles. The Labute approximate surface area is 117 Å². The van der Waals surface area contributed by atoms with Crippen LogP contribution in [0.2, 0.25) is 0 Å². The van der Waals surface area contributed by atoms with Gasteiger partial charge in [0.15, 0.2) is 8.38 Å². The maximum Gasteiger partial charge on any atom is 0.167 e. The zero-order chi connectivity index (χ0) is 13.5. The molecular weight excluding hydrogens is 257 g/mol. The first-order chi connectivity index (χ1) is 9.33. The first kappa shape index (κ1) is 14.8. The molecule has 4 heteroatoms. The first-order valence-corrected chi connectivity index (χ1v) is 8.77. The summed E-state index contributed by atoms with van der Waals surface area (Å²) in [7, 11) is -0.803. The van der Waals surface area contributed by atoms with Gasteiger partial charge in [0, 0.05) is 19.5 Å². The fourth-order valence-corrected chi connectivity index (χ4v) is 3.82. The Balaban J connectivity index is 1.56. The average Bonchev–Trinajstić information content (AvgIpc) is 2.99. The van der Waals surface area contributed by atoms with Crippen LogP contribution in [0.1, 0.15) is 38.5 Å². The number of hydrogen-bond acceptors (Lipinski definition) is 3. The van der Waals surface area contributed by atoms with E-state index in [2.05, 4.69) is 17.9 Å². The molecule has 2 rings (SSSR count). The van der Waals surface area contributed by atoms with Gasteiger partial charge in [0.25, 0.3) is 0 Å². The molecule has 0 bridgehead atoms. The third-order valence-electron chi connectivity index (χ3n) is 4.05. The van der Waals surface area contributed by atoms with Crippen LogP contribution in [0.5, 0.6) is 0 Å². The van der Waals surface area contributed by atoms with Gasteiger partial charge in [-0.15, -0.1) is 11.8 Å². The van der Waals surface area contributed by atoms with Gasteiger partial charge in [-0.25, -0.2) is 0 Å². The molecule has 0 spiro atoms. The van der Waals surface area contributed by atoms with Crippen molar-refractivity contribution in [3.05, 3.63) is 0 Å². The molecule has 0 saturated heterocycles. The summed E-state index contributed by atoms with van der Waals surface area (Å²) in [5.74, 6) is 9.15. The maximum absolute atomic E-state index is 8.43. The van der Waals surface area contributed by atoms with Crippen molar-refractivity contribution in [3.8, 4) is 17.9 Å². The minimum absolute atomic E-state index is 0.447. The monoisotopic (exact) mass is 279 g/mol. The van der Waals surface area contributed by atoms with Crippen LogP contribution in [0.4, 0.5) is 0 Å². The number of nitriles is 1. The van der Waals surface area contributed by atoms with Crippen molar-refractivity contribution in [2.45, 2.75) is 38.5 Å². The van der Waals surface area contributed by atoms with E-state index in [0.717, 1.165) is 43.6 Å². The van der Waals surface area contributed by atoms with Gasteiger partial charge in [-0.1, -0.05) is 0 Å². The van der Waals surface area contributed by atoms with Crippen LogP contribution in [-0.2, 0) is 9.05 Å². The highest BCUT2D eigenvalue weighted by Crippen LogP contribution is 2.54. The van der Waals surface area contributed by atoms with Crippen molar-refractivity contribution in [2.24, 2.45) is 17.8 Å². The largest absolute Gasteiger partial charge is 0.334 e. The standard InChI is InChI=1S/C15H22NO2P/c1-19(17-11-6-10-16)18-12-9-15-13-7-4-2-3-5-8-14(13)15/h13-15H,4-9,11-12H2,1H3/t13-,14+,15+,19?. The predicted octanol–water partition coefficient (Wildman–Crippen LogP) is 3.70. The lowest BCUT2D eigenvalue weighted by Gasteiger charge is -2.11. The molecule has 3 nitrogen and oxygen atoms in total. The molecule has 0 amide bonds. The molecule has 2 aliphatic carbocycles. The van der Waals surface area contributed by atoms with E-state index in [9.17, 15) is 0 Å². The SMILES string of the molecule is CP(OCCC#N)OCC[C@H]1[C@@H]2CCC#CCC[C@@H]21. The Kier molecular flexibility index (Phi) is 6.12. The van der Waals surface area contributed by atoms with Crippen LogP contribution in [0, 0.1) is 40.9 Å². The van der Waals surface area contributed by atoms with Crippen molar-refractivity contribution >= 4 is 8.38 Å². The smallest absolute Gasteiger partial charge is 0.167 e. The third kappa shape index (κ3) is 4.77. The normalized spacial score (nSPS) is 30.0. The summed E-state index contributed by atoms with van der Waals surface area (Å²) in [5, 5.41) is 8.43.